The molecule has 1 heterocycles. The minimum Gasteiger partial charge on any atom is -0.495 e. The number of carbonyl (C=O) groups excluding carboxylic acids is 1. The van der Waals surface area contributed by atoms with Gasteiger partial charge in [-0.05, 0) is 25.0 Å². The van der Waals surface area contributed by atoms with Crippen LogP contribution < -0.4 is 15.4 Å². The third-order valence-corrected chi connectivity index (χ3v) is 4.20. The van der Waals surface area contributed by atoms with Gasteiger partial charge in [0.25, 0.3) is 5.91 Å². The van der Waals surface area contributed by atoms with Crippen LogP contribution in [0.4, 0.5) is 11.5 Å². The van der Waals surface area contributed by atoms with Crippen LogP contribution in [0.5, 0.6) is 5.75 Å². The summed E-state index contributed by atoms with van der Waals surface area (Å²) < 4.78 is 5.22. The molecule has 0 unspecified atom stereocenters. The van der Waals surface area contributed by atoms with E-state index in [1.54, 1.807) is 25.4 Å². The maximum atomic E-state index is 12.3. The fourth-order valence-corrected chi connectivity index (χ4v) is 2.91. The van der Waals surface area contributed by atoms with Gasteiger partial charge < -0.3 is 15.4 Å². The standard InChI is InChI=1S/C18H22N4O2/c1-24-16-10-6-5-9-14(16)22-18(23)15-11-20-17(12-19-15)21-13-7-3-2-4-8-13/h5-6,9-13H,2-4,7-8H2,1H3,(H,20,21)(H,22,23). The van der Waals surface area contributed by atoms with Gasteiger partial charge in [-0.2, -0.15) is 0 Å². The van der Waals surface area contributed by atoms with Crippen molar-refractivity contribution in [3.05, 3.63) is 42.4 Å². The van der Waals surface area contributed by atoms with Crippen molar-refractivity contribution >= 4 is 17.4 Å². The topological polar surface area (TPSA) is 76.1 Å². The molecule has 1 aromatic carbocycles. The molecule has 0 spiro atoms. The summed E-state index contributed by atoms with van der Waals surface area (Å²) in [6.07, 6.45) is 9.26. The summed E-state index contributed by atoms with van der Waals surface area (Å²) in [4.78, 5) is 20.8. The third-order valence-electron chi connectivity index (χ3n) is 4.20. The van der Waals surface area contributed by atoms with Crippen LogP contribution in [-0.4, -0.2) is 29.0 Å². The van der Waals surface area contributed by atoms with Gasteiger partial charge >= 0.3 is 0 Å². The molecule has 1 saturated carbocycles. The van der Waals surface area contributed by atoms with Crippen molar-refractivity contribution in [1.29, 1.82) is 0 Å². The molecule has 2 aromatic rings. The van der Waals surface area contributed by atoms with E-state index in [0.717, 1.165) is 18.7 Å². The first kappa shape index (κ1) is 16.2. The molecule has 1 fully saturated rings. The number of ether oxygens (including phenoxy) is 1. The molecule has 0 saturated heterocycles. The van der Waals surface area contributed by atoms with Gasteiger partial charge in [-0.15, -0.1) is 0 Å². The highest BCUT2D eigenvalue weighted by atomic mass is 16.5. The first-order valence-corrected chi connectivity index (χ1v) is 8.29. The summed E-state index contributed by atoms with van der Waals surface area (Å²) in [5.41, 5.74) is 0.881. The fraction of sp³-hybridized carbons (Fsp3) is 0.389. The van der Waals surface area contributed by atoms with Gasteiger partial charge in [0.1, 0.15) is 17.3 Å². The summed E-state index contributed by atoms with van der Waals surface area (Å²) in [7, 11) is 1.57. The average molecular weight is 326 g/mol. The van der Waals surface area contributed by atoms with Crippen LogP contribution in [0.2, 0.25) is 0 Å². The van der Waals surface area contributed by atoms with Crippen LogP contribution in [0.1, 0.15) is 42.6 Å². The Morgan fingerprint density at radius 2 is 1.92 bits per heavy atom. The van der Waals surface area contributed by atoms with Crippen molar-refractivity contribution in [2.45, 2.75) is 38.1 Å². The number of anilines is 2. The maximum Gasteiger partial charge on any atom is 0.275 e. The van der Waals surface area contributed by atoms with Crippen molar-refractivity contribution in [2.75, 3.05) is 17.7 Å². The van der Waals surface area contributed by atoms with Crippen molar-refractivity contribution < 1.29 is 9.53 Å². The number of nitrogens with zero attached hydrogens (tertiary/aromatic N) is 2. The molecule has 0 radical (unpaired) electrons. The second-order valence-corrected chi connectivity index (χ2v) is 5.92. The highest BCUT2D eigenvalue weighted by Crippen LogP contribution is 2.23. The number of carbonyl (C=O) groups is 1. The number of aromatic nitrogens is 2. The molecule has 126 valence electrons. The predicted octanol–water partition coefficient (Wildman–Crippen LogP) is 3.48. The van der Waals surface area contributed by atoms with Gasteiger partial charge in [-0.3, -0.25) is 4.79 Å². The number of para-hydroxylation sites is 2. The lowest BCUT2D eigenvalue weighted by molar-refractivity contribution is 0.102. The summed E-state index contributed by atoms with van der Waals surface area (Å²) in [5.74, 6) is 1.02. The molecule has 0 aliphatic heterocycles. The van der Waals surface area contributed by atoms with Crippen LogP contribution in [0, 0.1) is 0 Å². The zero-order valence-electron chi connectivity index (χ0n) is 13.8. The normalized spacial score (nSPS) is 14.9. The molecule has 1 amide bonds. The Bertz CT molecular complexity index is 682. The first-order valence-electron chi connectivity index (χ1n) is 8.29. The zero-order valence-corrected chi connectivity index (χ0v) is 13.8. The highest BCUT2D eigenvalue weighted by molar-refractivity contribution is 6.03. The molecule has 0 bridgehead atoms. The second-order valence-electron chi connectivity index (χ2n) is 5.92. The number of benzene rings is 1. The predicted molar refractivity (Wildman–Crippen MR) is 93.5 cm³/mol. The van der Waals surface area contributed by atoms with Gasteiger partial charge in [0.2, 0.25) is 0 Å². The molecule has 2 N–H and O–H groups in total. The molecule has 1 aliphatic carbocycles. The van der Waals surface area contributed by atoms with Gasteiger partial charge in [-0.25, -0.2) is 9.97 Å². The first-order chi connectivity index (χ1) is 11.8. The van der Waals surface area contributed by atoms with E-state index in [2.05, 4.69) is 20.6 Å². The van der Waals surface area contributed by atoms with Gasteiger partial charge in [0.05, 0.1) is 25.2 Å². The summed E-state index contributed by atoms with van der Waals surface area (Å²) in [6, 6.07) is 7.71. The van der Waals surface area contributed by atoms with E-state index >= 15 is 0 Å². The van der Waals surface area contributed by atoms with Crippen molar-refractivity contribution in [3.8, 4) is 5.75 Å². The molecular weight excluding hydrogens is 304 g/mol. The number of methoxy groups -OCH3 is 1. The van der Waals surface area contributed by atoms with E-state index < -0.39 is 0 Å². The van der Waals surface area contributed by atoms with Crippen molar-refractivity contribution in [3.63, 3.8) is 0 Å². The monoisotopic (exact) mass is 326 g/mol. The summed E-state index contributed by atoms with van der Waals surface area (Å²) in [6.45, 7) is 0. The zero-order chi connectivity index (χ0) is 16.8. The Labute approximate surface area is 141 Å². The Balaban J connectivity index is 1.63. The minimum atomic E-state index is -0.309. The van der Waals surface area contributed by atoms with Crippen molar-refractivity contribution in [2.24, 2.45) is 0 Å². The Morgan fingerprint density at radius 1 is 1.12 bits per heavy atom. The second kappa shape index (κ2) is 7.77. The van der Waals surface area contributed by atoms with E-state index in [9.17, 15) is 4.79 Å². The lowest BCUT2D eigenvalue weighted by Crippen LogP contribution is -2.23. The van der Waals surface area contributed by atoms with Crippen LogP contribution in [0.3, 0.4) is 0 Å². The van der Waals surface area contributed by atoms with Crippen LogP contribution in [0.25, 0.3) is 0 Å². The van der Waals surface area contributed by atoms with Crippen LogP contribution in [0.15, 0.2) is 36.7 Å². The van der Waals surface area contributed by atoms with E-state index in [1.165, 1.54) is 25.5 Å². The number of hydrogen-bond acceptors (Lipinski definition) is 5. The summed E-state index contributed by atoms with van der Waals surface area (Å²) >= 11 is 0. The highest BCUT2D eigenvalue weighted by Gasteiger charge is 2.15. The number of rotatable bonds is 5. The van der Waals surface area contributed by atoms with Crippen LogP contribution in [-0.2, 0) is 0 Å². The molecule has 0 atom stereocenters. The third kappa shape index (κ3) is 4.01. The molecule has 6 heteroatoms. The summed E-state index contributed by atoms with van der Waals surface area (Å²) in [5, 5.41) is 6.18. The molecule has 1 aromatic heterocycles. The smallest absolute Gasteiger partial charge is 0.275 e. The van der Waals surface area contributed by atoms with E-state index in [-0.39, 0.29) is 11.6 Å². The number of hydrogen-bond donors (Lipinski definition) is 2. The maximum absolute atomic E-state index is 12.3. The SMILES string of the molecule is COc1ccccc1NC(=O)c1cnc(NC2CCCCC2)cn1. The molecule has 6 nitrogen and oxygen atoms in total. The largest absolute Gasteiger partial charge is 0.495 e. The lowest BCUT2D eigenvalue weighted by atomic mass is 9.96. The Morgan fingerprint density at radius 3 is 2.62 bits per heavy atom. The van der Waals surface area contributed by atoms with E-state index in [0.29, 0.717) is 17.5 Å². The van der Waals surface area contributed by atoms with E-state index in [1.807, 2.05) is 12.1 Å². The molecule has 1 aliphatic rings. The van der Waals surface area contributed by atoms with Crippen LogP contribution >= 0.6 is 0 Å². The number of amides is 1. The Kier molecular flexibility index (Phi) is 5.25. The number of nitrogens with one attached hydrogen (secondary N) is 2. The fourth-order valence-electron chi connectivity index (χ4n) is 2.91. The van der Waals surface area contributed by atoms with Crippen molar-refractivity contribution in [1.82, 2.24) is 9.97 Å². The van der Waals surface area contributed by atoms with E-state index in [4.69, 9.17) is 4.74 Å². The van der Waals surface area contributed by atoms with Gasteiger partial charge in [-0.1, -0.05) is 31.4 Å². The molecule has 3 rings (SSSR count). The Hall–Kier alpha value is -2.63. The minimum absolute atomic E-state index is 0.273. The lowest BCUT2D eigenvalue weighted by Gasteiger charge is -2.23. The molecule has 24 heavy (non-hydrogen) atoms. The average Bonchev–Trinajstić information content (AvgIpc) is 2.63. The van der Waals surface area contributed by atoms with Gasteiger partial charge in [0.15, 0.2) is 0 Å². The molecular formula is C18H22N4O2. The quantitative estimate of drug-likeness (QED) is 0.879. The van der Waals surface area contributed by atoms with Gasteiger partial charge in [0, 0.05) is 6.04 Å².